The van der Waals surface area contributed by atoms with Gasteiger partial charge >= 0.3 is 28.2 Å². The minimum absolute atomic E-state index is 0.166. The zero-order valence-electron chi connectivity index (χ0n) is 12.5. The smallest absolute Gasteiger partial charge is 0.337 e. The fourth-order valence-corrected chi connectivity index (χ4v) is 2.15. The van der Waals surface area contributed by atoms with Crippen molar-refractivity contribution in [2.75, 3.05) is 23.3 Å². The SMILES string of the molecule is CCCCCCCCNc1nc(N)[n+](OS(=O)(=O)O)c(N)n1. The van der Waals surface area contributed by atoms with E-state index in [-0.39, 0.29) is 17.8 Å². The van der Waals surface area contributed by atoms with Crippen LogP contribution in [0, 0.1) is 0 Å². The summed E-state index contributed by atoms with van der Waals surface area (Å²) >= 11 is 0. The quantitative estimate of drug-likeness (QED) is 0.261. The average molecular weight is 335 g/mol. The lowest BCUT2D eigenvalue weighted by Crippen LogP contribution is -2.51. The molecule has 1 heterocycles. The largest absolute Gasteiger partial charge is 0.472 e. The highest BCUT2D eigenvalue weighted by molar-refractivity contribution is 7.80. The van der Waals surface area contributed by atoms with Gasteiger partial charge in [-0.05, 0) is 11.2 Å². The molecule has 1 aromatic heterocycles. The maximum Gasteiger partial charge on any atom is 0.472 e. The van der Waals surface area contributed by atoms with Gasteiger partial charge in [0.2, 0.25) is 0 Å². The van der Waals surface area contributed by atoms with E-state index in [0.717, 1.165) is 12.8 Å². The predicted molar refractivity (Wildman–Crippen MR) is 81.0 cm³/mol. The number of nitrogens with one attached hydrogen (secondary N) is 1. The van der Waals surface area contributed by atoms with Crippen molar-refractivity contribution in [3.05, 3.63) is 0 Å². The molecule has 0 saturated heterocycles. The van der Waals surface area contributed by atoms with Gasteiger partial charge in [-0.15, -0.1) is 0 Å². The number of aromatic nitrogens is 3. The Kier molecular flexibility index (Phi) is 7.05. The number of unbranched alkanes of at least 4 members (excludes halogenated alkanes) is 5. The van der Waals surface area contributed by atoms with Crippen molar-refractivity contribution in [2.24, 2.45) is 0 Å². The maximum atomic E-state index is 10.6. The van der Waals surface area contributed by atoms with E-state index in [2.05, 4.69) is 26.5 Å². The van der Waals surface area contributed by atoms with Gasteiger partial charge in [0.05, 0.1) is 0 Å². The van der Waals surface area contributed by atoms with Gasteiger partial charge < -0.3 is 16.8 Å². The number of nitrogens with two attached hydrogens (primary N) is 2. The molecule has 0 unspecified atom stereocenters. The molecule has 0 aromatic carbocycles. The van der Waals surface area contributed by atoms with Crippen LogP contribution >= 0.6 is 0 Å². The van der Waals surface area contributed by atoms with Gasteiger partial charge in [0.1, 0.15) is 0 Å². The standard InChI is InChI=1S/C11H22N6O4S/c1-2-3-4-5-6-7-8-14-11-15-9(12)17(10(13)16-11)21-22(18,19)20/h2-8H2,1H3,(H5,12,13,14,15,16,18,19,20)/p+1. The zero-order chi connectivity index (χ0) is 16.6. The molecule has 126 valence electrons. The fraction of sp³-hybridized carbons (Fsp3) is 0.727. The highest BCUT2D eigenvalue weighted by Gasteiger charge is 2.21. The molecule has 1 rings (SSSR count). The van der Waals surface area contributed by atoms with Crippen molar-refractivity contribution in [3.63, 3.8) is 0 Å². The molecule has 0 amide bonds. The van der Waals surface area contributed by atoms with Crippen molar-refractivity contribution in [3.8, 4) is 0 Å². The maximum absolute atomic E-state index is 10.6. The first-order valence-corrected chi connectivity index (χ1v) is 8.46. The van der Waals surface area contributed by atoms with Gasteiger partial charge in [-0.1, -0.05) is 49.0 Å². The van der Waals surface area contributed by atoms with E-state index in [0.29, 0.717) is 11.3 Å². The molecular weight excluding hydrogens is 312 g/mol. The molecule has 0 bridgehead atoms. The Hall–Kier alpha value is -1.88. The molecule has 6 N–H and O–H groups in total. The van der Waals surface area contributed by atoms with E-state index >= 15 is 0 Å². The summed E-state index contributed by atoms with van der Waals surface area (Å²) in [5.41, 5.74) is 11.0. The van der Waals surface area contributed by atoms with Gasteiger partial charge in [0, 0.05) is 6.54 Å². The molecule has 1 aromatic rings. The minimum Gasteiger partial charge on any atom is -0.337 e. The molecular formula is C11H23N6O4S+. The Morgan fingerprint density at radius 3 is 2.23 bits per heavy atom. The third-order valence-electron chi connectivity index (χ3n) is 2.84. The zero-order valence-corrected chi connectivity index (χ0v) is 13.3. The Labute approximate surface area is 129 Å². The highest BCUT2D eigenvalue weighted by Crippen LogP contribution is 2.06. The van der Waals surface area contributed by atoms with Crippen molar-refractivity contribution in [2.45, 2.75) is 45.4 Å². The number of hydrogen-bond acceptors (Lipinski definition) is 8. The number of anilines is 3. The van der Waals surface area contributed by atoms with E-state index in [1.165, 1.54) is 25.7 Å². The van der Waals surface area contributed by atoms with E-state index < -0.39 is 10.4 Å². The monoisotopic (exact) mass is 335 g/mol. The Morgan fingerprint density at radius 1 is 1.14 bits per heavy atom. The summed E-state index contributed by atoms with van der Waals surface area (Å²) in [6, 6.07) is 0. The second-order valence-corrected chi connectivity index (χ2v) is 5.76. The first-order valence-electron chi connectivity index (χ1n) is 7.09. The molecule has 0 aliphatic heterocycles. The van der Waals surface area contributed by atoms with Crippen molar-refractivity contribution in [1.29, 1.82) is 0 Å². The first kappa shape index (κ1) is 18.2. The van der Waals surface area contributed by atoms with Gasteiger partial charge in [0.25, 0.3) is 0 Å². The van der Waals surface area contributed by atoms with Crippen LogP contribution in [0.3, 0.4) is 0 Å². The van der Waals surface area contributed by atoms with Crippen LogP contribution in [-0.2, 0) is 10.4 Å². The van der Waals surface area contributed by atoms with Crippen LogP contribution in [-0.4, -0.2) is 29.5 Å². The molecule has 0 saturated carbocycles. The van der Waals surface area contributed by atoms with Crippen molar-refractivity contribution < 1.29 is 22.0 Å². The summed E-state index contributed by atoms with van der Waals surface area (Å²) < 4.78 is 34.4. The fourth-order valence-electron chi connectivity index (χ4n) is 1.81. The van der Waals surface area contributed by atoms with Gasteiger partial charge in [0.15, 0.2) is 0 Å². The number of hydrogen-bond donors (Lipinski definition) is 4. The summed E-state index contributed by atoms with van der Waals surface area (Å²) in [6.07, 6.45) is 6.90. The average Bonchev–Trinajstić information content (AvgIpc) is 2.41. The summed E-state index contributed by atoms with van der Waals surface area (Å²) in [5, 5.41) is 2.94. The molecule has 0 spiro atoms. The summed E-state index contributed by atoms with van der Waals surface area (Å²) in [7, 11) is -4.76. The first-order chi connectivity index (χ1) is 10.3. The molecule has 0 fully saturated rings. The van der Waals surface area contributed by atoms with Crippen LogP contribution in [0.5, 0.6) is 0 Å². The molecule has 0 aliphatic rings. The number of nitrogen functional groups attached to an aromatic ring is 2. The van der Waals surface area contributed by atoms with Crippen LogP contribution in [0.2, 0.25) is 0 Å². The second kappa shape index (κ2) is 8.54. The predicted octanol–water partition coefficient (Wildman–Crippen LogP) is -0.0677. The Morgan fingerprint density at radius 2 is 1.68 bits per heavy atom. The summed E-state index contributed by atoms with van der Waals surface area (Å²) in [5.74, 6) is -0.537. The molecule has 10 nitrogen and oxygen atoms in total. The number of rotatable bonds is 10. The van der Waals surface area contributed by atoms with E-state index in [1.807, 2.05) is 0 Å². The molecule has 0 radical (unpaired) electrons. The van der Waals surface area contributed by atoms with Crippen LogP contribution in [0.4, 0.5) is 17.8 Å². The third kappa shape index (κ3) is 6.72. The molecule has 22 heavy (non-hydrogen) atoms. The van der Waals surface area contributed by atoms with Crippen molar-refractivity contribution in [1.82, 2.24) is 9.97 Å². The lowest BCUT2D eigenvalue weighted by molar-refractivity contribution is -0.836. The molecule has 0 aliphatic carbocycles. The van der Waals surface area contributed by atoms with Crippen LogP contribution in [0.25, 0.3) is 0 Å². The van der Waals surface area contributed by atoms with Crippen LogP contribution in [0.15, 0.2) is 0 Å². The van der Waals surface area contributed by atoms with E-state index in [1.54, 1.807) is 0 Å². The van der Waals surface area contributed by atoms with E-state index in [9.17, 15) is 8.42 Å². The molecule has 0 atom stereocenters. The number of nitrogens with zero attached hydrogens (tertiary/aromatic N) is 3. The topological polar surface area (TPSA) is 157 Å². The van der Waals surface area contributed by atoms with Gasteiger partial charge in [-0.2, -0.15) is 8.42 Å². The third-order valence-corrected chi connectivity index (χ3v) is 3.18. The van der Waals surface area contributed by atoms with Crippen molar-refractivity contribution >= 4 is 28.2 Å². The van der Waals surface area contributed by atoms with Gasteiger partial charge in [-0.3, -0.25) is 4.55 Å². The second-order valence-electron chi connectivity index (χ2n) is 4.75. The van der Waals surface area contributed by atoms with Crippen LogP contribution in [0.1, 0.15) is 45.4 Å². The Bertz CT molecular complexity index is 557. The Balaban J connectivity index is 2.49. The highest BCUT2D eigenvalue weighted by atomic mass is 32.3. The van der Waals surface area contributed by atoms with E-state index in [4.69, 9.17) is 16.0 Å². The molecule has 11 heteroatoms. The summed E-state index contributed by atoms with van der Waals surface area (Å²) in [6.45, 7) is 2.81. The summed E-state index contributed by atoms with van der Waals surface area (Å²) in [4.78, 5) is 7.61. The van der Waals surface area contributed by atoms with Gasteiger partial charge in [-0.25, -0.2) is 4.28 Å². The normalized spacial score (nSPS) is 11.4. The minimum atomic E-state index is -4.76. The lowest BCUT2D eigenvalue weighted by atomic mass is 10.1. The lowest BCUT2D eigenvalue weighted by Gasteiger charge is -2.06. The van der Waals surface area contributed by atoms with Crippen LogP contribution < -0.4 is 25.8 Å².